The Morgan fingerprint density at radius 2 is 1.67 bits per heavy atom. The average Bonchev–Trinajstić information content (AvgIpc) is 2.27. The molecule has 0 aliphatic carbocycles. The number of phenolic OH excluding ortho intramolecular Hbond substituents is 2. The van der Waals surface area contributed by atoms with Crippen molar-refractivity contribution in [3.63, 3.8) is 0 Å². The van der Waals surface area contributed by atoms with Gasteiger partial charge in [-0.2, -0.15) is 0 Å². The largest absolute Gasteiger partial charge is 0.508 e. The number of hydrogen-bond acceptors (Lipinski definition) is 3. The molecule has 0 atom stereocenters. The van der Waals surface area contributed by atoms with Gasteiger partial charge >= 0.3 is 6.03 Å². The Hall–Kier alpha value is -2.43. The molecule has 5 heteroatoms. The number of anilines is 1. The molecule has 0 saturated heterocycles. The summed E-state index contributed by atoms with van der Waals surface area (Å²) >= 11 is 0. The molecule has 1 aromatic carbocycles. The van der Waals surface area contributed by atoms with Gasteiger partial charge in [0.25, 0.3) is 0 Å². The molecular weight excluding hydrogens is 232 g/mol. The van der Waals surface area contributed by atoms with Gasteiger partial charge in [0.05, 0.1) is 0 Å². The second-order valence-corrected chi connectivity index (χ2v) is 3.65. The predicted molar refractivity (Wildman–Crippen MR) is 70.8 cm³/mol. The fourth-order valence-electron chi connectivity index (χ4n) is 1.42. The van der Waals surface area contributed by atoms with Crippen LogP contribution in [0.4, 0.5) is 10.5 Å². The van der Waals surface area contributed by atoms with Crippen molar-refractivity contribution >= 4 is 11.7 Å². The van der Waals surface area contributed by atoms with Crippen LogP contribution in [0.2, 0.25) is 0 Å². The third kappa shape index (κ3) is 3.86. The summed E-state index contributed by atoms with van der Waals surface area (Å²) in [6, 6.07) is 3.51. The molecule has 0 fully saturated rings. The highest BCUT2D eigenvalue weighted by Gasteiger charge is 2.11. The smallest absolute Gasteiger partial charge is 0.322 e. The number of amides is 2. The molecular formula is C13H16N2O3. The molecule has 1 rings (SSSR count). The first-order valence-electron chi connectivity index (χ1n) is 5.37. The summed E-state index contributed by atoms with van der Waals surface area (Å²) in [5, 5.41) is 21.2. The van der Waals surface area contributed by atoms with E-state index >= 15 is 0 Å². The third-order valence-electron chi connectivity index (χ3n) is 2.14. The molecule has 3 N–H and O–H groups in total. The molecule has 0 aliphatic heterocycles. The van der Waals surface area contributed by atoms with Crippen LogP contribution in [0.15, 0.2) is 43.5 Å². The number of aromatic hydroxyl groups is 2. The Bertz CT molecular complexity index is 427. The van der Waals surface area contributed by atoms with Crippen molar-refractivity contribution in [2.45, 2.75) is 0 Å². The van der Waals surface area contributed by atoms with Crippen LogP contribution in [-0.4, -0.2) is 34.2 Å². The molecule has 96 valence electrons. The van der Waals surface area contributed by atoms with Crippen molar-refractivity contribution in [3.05, 3.63) is 43.5 Å². The summed E-state index contributed by atoms with van der Waals surface area (Å²) in [5.41, 5.74) is 0.315. The van der Waals surface area contributed by atoms with E-state index in [1.165, 1.54) is 23.1 Å². The van der Waals surface area contributed by atoms with E-state index in [1.807, 2.05) is 0 Å². The second-order valence-electron chi connectivity index (χ2n) is 3.65. The van der Waals surface area contributed by atoms with Gasteiger partial charge in [0, 0.05) is 37.0 Å². The van der Waals surface area contributed by atoms with Crippen LogP contribution in [0.25, 0.3) is 0 Å². The van der Waals surface area contributed by atoms with Crippen molar-refractivity contribution in [1.82, 2.24) is 4.90 Å². The van der Waals surface area contributed by atoms with Crippen LogP contribution < -0.4 is 5.32 Å². The number of carbonyl (C=O) groups is 1. The van der Waals surface area contributed by atoms with Crippen LogP contribution in [0.1, 0.15) is 0 Å². The summed E-state index contributed by atoms with van der Waals surface area (Å²) in [7, 11) is 0. The van der Waals surface area contributed by atoms with Crippen LogP contribution in [0.5, 0.6) is 11.5 Å². The lowest BCUT2D eigenvalue weighted by atomic mass is 10.3. The minimum Gasteiger partial charge on any atom is -0.508 e. The molecule has 0 spiro atoms. The van der Waals surface area contributed by atoms with Gasteiger partial charge in [0.1, 0.15) is 11.5 Å². The maximum atomic E-state index is 11.9. The number of benzene rings is 1. The minimum atomic E-state index is -0.361. The topological polar surface area (TPSA) is 72.8 Å². The normalized spacial score (nSPS) is 9.56. The molecule has 0 saturated carbocycles. The van der Waals surface area contributed by atoms with Crippen LogP contribution >= 0.6 is 0 Å². The summed E-state index contributed by atoms with van der Waals surface area (Å²) in [4.78, 5) is 13.3. The molecule has 0 heterocycles. The molecule has 0 aliphatic rings. The van der Waals surface area contributed by atoms with E-state index < -0.39 is 0 Å². The number of rotatable bonds is 5. The Morgan fingerprint density at radius 3 is 2.11 bits per heavy atom. The molecule has 0 bridgehead atoms. The minimum absolute atomic E-state index is 0.121. The molecule has 1 aromatic rings. The lowest BCUT2D eigenvalue weighted by Crippen LogP contribution is -2.35. The van der Waals surface area contributed by atoms with E-state index in [1.54, 1.807) is 12.2 Å². The number of phenols is 2. The van der Waals surface area contributed by atoms with E-state index in [0.29, 0.717) is 18.8 Å². The van der Waals surface area contributed by atoms with Gasteiger partial charge < -0.3 is 20.4 Å². The second kappa shape index (κ2) is 6.34. The first-order chi connectivity index (χ1) is 8.56. The molecule has 0 aromatic heterocycles. The summed E-state index contributed by atoms with van der Waals surface area (Å²) in [5.74, 6) is -0.242. The number of urea groups is 1. The van der Waals surface area contributed by atoms with Crippen LogP contribution in [0.3, 0.4) is 0 Å². The van der Waals surface area contributed by atoms with Gasteiger partial charge in [-0.25, -0.2) is 4.79 Å². The van der Waals surface area contributed by atoms with E-state index in [0.717, 1.165) is 0 Å². The molecule has 18 heavy (non-hydrogen) atoms. The molecule has 2 amide bonds. The SMILES string of the molecule is C=CCN(CC=C)C(=O)Nc1cc(O)cc(O)c1. The van der Waals surface area contributed by atoms with Gasteiger partial charge in [-0.15, -0.1) is 13.2 Å². The monoisotopic (exact) mass is 248 g/mol. The Kier molecular flexibility index (Phi) is 4.80. The highest BCUT2D eigenvalue weighted by Crippen LogP contribution is 2.24. The number of carbonyl (C=O) groups excluding carboxylic acids is 1. The maximum Gasteiger partial charge on any atom is 0.322 e. The van der Waals surface area contributed by atoms with Crippen molar-refractivity contribution in [1.29, 1.82) is 0 Å². The molecule has 5 nitrogen and oxygen atoms in total. The highest BCUT2D eigenvalue weighted by molar-refractivity contribution is 5.90. The number of hydrogen-bond donors (Lipinski definition) is 3. The van der Waals surface area contributed by atoms with Crippen molar-refractivity contribution < 1.29 is 15.0 Å². The zero-order valence-electron chi connectivity index (χ0n) is 9.97. The van der Waals surface area contributed by atoms with Gasteiger partial charge in [0.15, 0.2) is 0 Å². The van der Waals surface area contributed by atoms with Crippen LogP contribution in [-0.2, 0) is 0 Å². The number of nitrogens with one attached hydrogen (secondary N) is 1. The standard InChI is InChI=1S/C13H16N2O3/c1-3-5-15(6-4-2)13(18)14-10-7-11(16)9-12(17)8-10/h3-4,7-9,16-17H,1-2,5-6H2,(H,14,18). The predicted octanol–water partition coefficient (Wildman–Crippen LogP) is 2.30. The summed E-state index contributed by atoms with van der Waals surface area (Å²) < 4.78 is 0. The van der Waals surface area contributed by atoms with E-state index in [-0.39, 0.29) is 17.5 Å². The lowest BCUT2D eigenvalue weighted by Gasteiger charge is -2.19. The average molecular weight is 248 g/mol. The molecule has 0 radical (unpaired) electrons. The van der Waals surface area contributed by atoms with Gasteiger partial charge in [-0.05, 0) is 0 Å². The lowest BCUT2D eigenvalue weighted by molar-refractivity contribution is 0.222. The van der Waals surface area contributed by atoms with Crippen LogP contribution in [0, 0.1) is 0 Å². The summed E-state index contributed by atoms with van der Waals surface area (Å²) in [6.07, 6.45) is 3.20. The van der Waals surface area contributed by atoms with E-state index in [9.17, 15) is 15.0 Å². The Labute approximate surface area is 106 Å². The fourth-order valence-corrected chi connectivity index (χ4v) is 1.42. The van der Waals surface area contributed by atoms with Crippen molar-refractivity contribution in [3.8, 4) is 11.5 Å². The zero-order valence-corrected chi connectivity index (χ0v) is 9.97. The quantitative estimate of drug-likeness (QED) is 0.700. The Balaban J connectivity index is 2.77. The first kappa shape index (κ1) is 13.6. The van der Waals surface area contributed by atoms with E-state index in [4.69, 9.17) is 0 Å². The van der Waals surface area contributed by atoms with Crippen molar-refractivity contribution in [2.75, 3.05) is 18.4 Å². The van der Waals surface area contributed by atoms with Gasteiger partial charge in [-0.3, -0.25) is 0 Å². The van der Waals surface area contributed by atoms with Gasteiger partial charge in [0.2, 0.25) is 0 Å². The highest BCUT2D eigenvalue weighted by atomic mass is 16.3. The van der Waals surface area contributed by atoms with Gasteiger partial charge in [-0.1, -0.05) is 12.2 Å². The zero-order chi connectivity index (χ0) is 13.5. The maximum absolute atomic E-state index is 11.9. The number of nitrogens with zero attached hydrogens (tertiary/aromatic N) is 1. The first-order valence-corrected chi connectivity index (χ1v) is 5.37. The Morgan fingerprint density at radius 1 is 1.17 bits per heavy atom. The van der Waals surface area contributed by atoms with Crippen molar-refractivity contribution in [2.24, 2.45) is 0 Å². The molecule has 0 unspecified atom stereocenters. The summed E-state index contributed by atoms with van der Waals surface area (Å²) in [6.45, 7) is 7.88. The van der Waals surface area contributed by atoms with E-state index in [2.05, 4.69) is 18.5 Å². The fraction of sp³-hybridized carbons (Fsp3) is 0.154. The third-order valence-corrected chi connectivity index (χ3v) is 2.14.